The van der Waals surface area contributed by atoms with Crippen molar-refractivity contribution in [2.24, 2.45) is 0 Å². The van der Waals surface area contributed by atoms with Crippen molar-refractivity contribution in [1.82, 2.24) is 24.1 Å². The van der Waals surface area contributed by atoms with E-state index in [-0.39, 0.29) is 5.41 Å². The average molecular weight is 888 g/mol. The summed E-state index contributed by atoms with van der Waals surface area (Å²) < 4.78 is 6.07. The molecule has 4 heterocycles. The fraction of sp³-hybridized carbons (Fsp3) is 0.0484. The Kier molecular flexibility index (Phi) is 8.43. The Labute approximate surface area is 396 Å². The lowest BCUT2D eigenvalue weighted by Gasteiger charge is -2.21. The largest absolute Gasteiger partial charge is 0.309 e. The molecule has 9 aromatic carbocycles. The highest BCUT2D eigenvalue weighted by Crippen LogP contribution is 2.52. The first-order chi connectivity index (χ1) is 33.5. The van der Waals surface area contributed by atoms with Crippen LogP contribution in [0.2, 0.25) is 0 Å². The predicted molar refractivity (Wildman–Crippen MR) is 283 cm³/mol. The minimum absolute atomic E-state index is 0.184. The number of hydrogen-bond acceptors (Lipinski definition) is 4. The average Bonchev–Trinajstić information content (AvgIpc) is 4.14. The van der Waals surface area contributed by atoms with E-state index in [0.29, 0.717) is 17.5 Å². The van der Waals surface area contributed by atoms with E-state index in [1.54, 1.807) is 0 Å². The fourth-order valence-electron chi connectivity index (χ4n) is 11.0. The molecule has 13 aromatic rings. The van der Waals surface area contributed by atoms with E-state index in [2.05, 4.69) is 235 Å². The zero-order valence-electron chi connectivity index (χ0n) is 37.4. The van der Waals surface area contributed by atoms with E-state index < -0.39 is 0 Å². The number of fused-ring (bicyclic) bond motifs is 10. The van der Waals surface area contributed by atoms with Crippen LogP contribution in [0.25, 0.3) is 121 Å². The second-order valence-corrected chi connectivity index (χ2v) is 19.5. The van der Waals surface area contributed by atoms with Crippen LogP contribution >= 0.6 is 11.3 Å². The highest BCUT2D eigenvalue weighted by molar-refractivity contribution is 7.22. The van der Waals surface area contributed by atoms with Crippen LogP contribution in [-0.4, -0.2) is 24.1 Å². The molecule has 0 N–H and O–H groups in total. The zero-order chi connectivity index (χ0) is 45.1. The van der Waals surface area contributed by atoms with Crippen LogP contribution in [0.5, 0.6) is 0 Å². The van der Waals surface area contributed by atoms with Crippen molar-refractivity contribution in [2.45, 2.75) is 19.3 Å². The van der Waals surface area contributed by atoms with E-state index in [1.807, 2.05) is 11.3 Å². The first-order valence-electron chi connectivity index (χ1n) is 23.2. The second-order valence-electron chi connectivity index (χ2n) is 18.4. The molecule has 0 saturated carbocycles. The molecule has 6 heteroatoms. The summed E-state index contributed by atoms with van der Waals surface area (Å²) in [5, 5.41) is 6.08. The van der Waals surface area contributed by atoms with Gasteiger partial charge < -0.3 is 9.13 Å². The Morgan fingerprint density at radius 1 is 0.382 bits per heavy atom. The molecule has 0 spiro atoms. The number of rotatable bonds is 6. The van der Waals surface area contributed by atoms with Crippen molar-refractivity contribution < 1.29 is 0 Å². The normalized spacial score (nSPS) is 13.0. The lowest BCUT2D eigenvalue weighted by atomic mass is 9.82. The Bertz CT molecular complexity index is 3920. The Morgan fingerprint density at radius 3 is 1.46 bits per heavy atom. The molecule has 5 nitrogen and oxygen atoms in total. The van der Waals surface area contributed by atoms with Crippen molar-refractivity contribution in [3.05, 3.63) is 223 Å². The predicted octanol–water partition coefficient (Wildman–Crippen LogP) is 16.3. The highest BCUT2D eigenvalue weighted by Gasteiger charge is 2.37. The lowest BCUT2D eigenvalue weighted by Crippen LogP contribution is -2.14. The quantitative estimate of drug-likeness (QED) is 0.167. The number of para-hydroxylation sites is 4. The number of hydrogen-bond donors (Lipinski definition) is 0. The zero-order valence-corrected chi connectivity index (χ0v) is 38.2. The van der Waals surface area contributed by atoms with Gasteiger partial charge in [-0.3, -0.25) is 0 Å². The Hall–Kier alpha value is -8.45. The van der Waals surface area contributed by atoms with Crippen molar-refractivity contribution in [2.75, 3.05) is 0 Å². The third-order valence-electron chi connectivity index (χ3n) is 14.2. The van der Waals surface area contributed by atoms with Gasteiger partial charge in [-0.2, -0.15) is 0 Å². The molecule has 0 radical (unpaired) electrons. The maximum absolute atomic E-state index is 5.54. The SMILES string of the molecule is CC1(C)c2ccccc2-c2c(-c3nc(-c4ccc(-c5cc6ccccc6s5)cc4)nc(-c4cc(-n5c6ccccc6c6ccccc65)cc(-n5c6ccccc6c6ccccc65)c4)n3)cccc21. The van der Waals surface area contributed by atoms with Crippen LogP contribution in [0.15, 0.2) is 212 Å². The topological polar surface area (TPSA) is 48.5 Å². The van der Waals surface area contributed by atoms with Gasteiger partial charge in [-0.1, -0.05) is 172 Å². The summed E-state index contributed by atoms with van der Waals surface area (Å²) in [5.74, 6) is 1.87. The first-order valence-corrected chi connectivity index (χ1v) is 24.0. The third kappa shape index (κ3) is 5.84. The van der Waals surface area contributed by atoms with E-state index >= 15 is 0 Å². The Balaban J connectivity index is 1.04. The molecular weight excluding hydrogens is 847 g/mol. The molecule has 0 saturated heterocycles. The van der Waals surface area contributed by atoms with Gasteiger partial charge in [0.2, 0.25) is 0 Å². The van der Waals surface area contributed by atoms with Crippen molar-refractivity contribution in [3.63, 3.8) is 0 Å². The standard InChI is InChI=1S/C62H41N5S/c1-62(2)50-23-9-4-21-48(50)58-49(22-15-24-51(58)62)61-64-59(39-32-30-38(31-33-39)57-36-40-16-3-14-29-56(40)68-57)63-60(65-61)41-34-42(66-52-25-10-5-17-44(52)45-18-6-11-26-53(45)66)37-43(35-41)67-54-27-12-7-19-46(54)47-20-8-13-28-55(47)67/h3-37H,1-2H3. The van der Waals surface area contributed by atoms with E-state index in [9.17, 15) is 0 Å². The van der Waals surface area contributed by atoms with Gasteiger partial charge in [-0.15, -0.1) is 11.3 Å². The monoisotopic (exact) mass is 887 g/mol. The number of aromatic nitrogens is 5. The van der Waals surface area contributed by atoms with Gasteiger partial charge in [0.05, 0.1) is 22.1 Å². The van der Waals surface area contributed by atoms with Crippen LogP contribution in [0.3, 0.4) is 0 Å². The molecular formula is C62H41N5S. The van der Waals surface area contributed by atoms with Crippen molar-refractivity contribution >= 4 is 65.0 Å². The molecule has 0 fully saturated rings. The molecule has 1 aliphatic rings. The molecule has 0 atom stereocenters. The maximum atomic E-state index is 5.54. The van der Waals surface area contributed by atoms with Gasteiger partial charge in [0.25, 0.3) is 0 Å². The second kappa shape index (κ2) is 14.8. The van der Waals surface area contributed by atoms with E-state index in [1.165, 1.54) is 64.3 Å². The van der Waals surface area contributed by atoms with Crippen LogP contribution in [0, 0.1) is 0 Å². The van der Waals surface area contributed by atoms with Crippen LogP contribution in [0.1, 0.15) is 25.0 Å². The molecule has 1 aliphatic carbocycles. The van der Waals surface area contributed by atoms with E-state index in [4.69, 9.17) is 15.0 Å². The van der Waals surface area contributed by atoms with Crippen LogP contribution in [-0.2, 0) is 5.41 Å². The van der Waals surface area contributed by atoms with Gasteiger partial charge in [0.15, 0.2) is 17.5 Å². The summed E-state index contributed by atoms with van der Waals surface area (Å²) in [6.07, 6.45) is 0. The summed E-state index contributed by atoms with van der Waals surface area (Å²) in [6, 6.07) is 76.6. The molecule has 0 amide bonds. The molecule has 0 bridgehead atoms. The third-order valence-corrected chi connectivity index (χ3v) is 15.3. The number of thiophene rings is 1. The number of benzene rings is 9. The van der Waals surface area contributed by atoms with Gasteiger partial charge in [0.1, 0.15) is 0 Å². The Morgan fingerprint density at radius 2 is 0.853 bits per heavy atom. The summed E-state index contributed by atoms with van der Waals surface area (Å²) in [6.45, 7) is 4.64. The smallest absolute Gasteiger partial charge is 0.164 e. The molecule has 68 heavy (non-hydrogen) atoms. The molecule has 4 aromatic heterocycles. The van der Waals surface area contributed by atoms with Crippen LogP contribution < -0.4 is 0 Å². The number of nitrogens with zero attached hydrogens (tertiary/aromatic N) is 5. The minimum atomic E-state index is -0.184. The van der Waals surface area contributed by atoms with Crippen molar-refractivity contribution in [1.29, 1.82) is 0 Å². The van der Waals surface area contributed by atoms with Gasteiger partial charge in [-0.25, -0.2) is 15.0 Å². The minimum Gasteiger partial charge on any atom is -0.309 e. The van der Waals surface area contributed by atoms with E-state index in [0.717, 1.165) is 50.1 Å². The summed E-state index contributed by atoms with van der Waals surface area (Å²) >= 11 is 1.81. The summed E-state index contributed by atoms with van der Waals surface area (Å²) in [5.41, 5.74) is 15.4. The van der Waals surface area contributed by atoms with Crippen molar-refractivity contribution in [3.8, 4) is 67.1 Å². The lowest BCUT2D eigenvalue weighted by molar-refractivity contribution is 0.660. The molecule has 0 unspecified atom stereocenters. The van der Waals surface area contributed by atoms with Gasteiger partial charge in [0, 0.05) is 64.6 Å². The summed E-state index contributed by atoms with van der Waals surface area (Å²) in [4.78, 5) is 17.6. The fourth-order valence-corrected chi connectivity index (χ4v) is 12.1. The van der Waals surface area contributed by atoms with Crippen LogP contribution in [0.4, 0.5) is 0 Å². The molecule has 0 aliphatic heterocycles. The summed E-state index contributed by atoms with van der Waals surface area (Å²) in [7, 11) is 0. The highest BCUT2D eigenvalue weighted by atomic mass is 32.1. The van der Waals surface area contributed by atoms with Gasteiger partial charge >= 0.3 is 0 Å². The van der Waals surface area contributed by atoms with Gasteiger partial charge in [-0.05, 0) is 87.8 Å². The molecule has 320 valence electrons. The molecule has 14 rings (SSSR count). The first kappa shape index (κ1) is 38.8. The maximum Gasteiger partial charge on any atom is 0.164 e.